The molecule has 5 heteroatoms. The lowest BCUT2D eigenvalue weighted by atomic mass is 10.2. The van der Waals surface area contributed by atoms with Crippen molar-refractivity contribution in [2.45, 2.75) is 32.4 Å². The van der Waals surface area contributed by atoms with Gasteiger partial charge in [0.1, 0.15) is 5.75 Å². The number of hydrogen-bond donors (Lipinski definition) is 2. The minimum Gasteiger partial charge on any atom is -0.494 e. The van der Waals surface area contributed by atoms with Gasteiger partial charge in [-0.15, -0.1) is 11.8 Å². The van der Waals surface area contributed by atoms with Gasteiger partial charge in [0.15, 0.2) is 0 Å². The van der Waals surface area contributed by atoms with E-state index in [0.29, 0.717) is 23.0 Å². The summed E-state index contributed by atoms with van der Waals surface area (Å²) in [5.74, 6) is 2.22. The molecule has 4 nitrogen and oxygen atoms in total. The Hall–Kier alpha value is -1.36. The third-order valence-corrected chi connectivity index (χ3v) is 4.10. The molecule has 0 heterocycles. The minimum absolute atomic E-state index is 0.0122. The van der Waals surface area contributed by atoms with Crippen LogP contribution in [0.25, 0.3) is 0 Å². The molecule has 1 unspecified atom stereocenters. The summed E-state index contributed by atoms with van der Waals surface area (Å²) in [4.78, 5) is 12.1. The zero-order valence-electron chi connectivity index (χ0n) is 12.6. The van der Waals surface area contributed by atoms with Crippen molar-refractivity contribution < 1.29 is 9.53 Å². The molecule has 0 aliphatic heterocycles. The molecule has 0 radical (unpaired) electrons. The number of benzene rings is 1. The van der Waals surface area contributed by atoms with E-state index in [9.17, 15) is 4.79 Å². The number of rotatable bonds is 7. The fourth-order valence-electron chi connectivity index (χ4n) is 1.60. The van der Waals surface area contributed by atoms with Crippen LogP contribution in [0, 0.1) is 5.92 Å². The molecule has 1 atom stereocenters. The van der Waals surface area contributed by atoms with Crippen LogP contribution >= 0.6 is 11.8 Å². The zero-order valence-corrected chi connectivity index (χ0v) is 13.4. The second-order valence-corrected chi connectivity index (χ2v) is 6.59. The summed E-state index contributed by atoms with van der Waals surface area (Å²) in [5, 5.41) is 2.80. The summed E-state index contributed by atoms with van der Waals surface area (Å²) in [6.45, 7) is 6.29. The van der Waals surface area contributed by atoms with Crippen molar-refractivity contribution in [2.75, 3.05) is 23.9 Å². The lowest BCUT2D eigenvalue weighted by Crippen LogP contribution is -2.23. The molecule has 0 bridgehead atoms. The Kier molecular flexibility index (Phi) is 6.71. The van der Waals surface area contributed by atoms with Gasteiger partial charge in [0, 0.05) is 11.8 Å². The molecular formula is C15H24N2O2S. The molecule has 1 rings (SSSR count). The largest absolute Gasteiger partial charge is 0.494 e. The maximum atomic E-state index is 12.1. The SMILES string of the molecule is COc1cc(N)ccc1NC(=O)C(C)SCCC(C)C. The summed E-state index contributed by atoms with van der Waals surface area (Å²) < 4.78 is 5.22. The summed E-state index contributed by atoms with van der Waals surface area (Å²) >= 11 is 1.67. The maximum absolute atomic E-state index is 12.1. The Bertz CT molecular complexity index is 449. The monoisotopic (exact) mass is 296 g/mol. The van der Waals surface area contributed by atoms with E-state index in [2.05, 4.69) is 19.2 Å². The normalized spacial score (nSPS) is 12.2. The van der Waals surface area contributed by atoms with Crippen LogP contribution in [0.5, 0.6) is 5.75 Å². The van der Waals surface area contributed by atoms with E-state index >= 15 is 0 Å². The van der Waals surface area contributed by atoms with Crippen molar-refractivity contribution in [1.29, 1.82) is 0 Å². The van der Waals surface area contributed by atoms with E-state index in [1.807, 2.05) is 6.92 Å². The number of carbonyl (C=O) groups excluding carboxylic acids is 1. The quantitative estimate of drug-likeness (QED) is 0.757. The van der Waals surface area contributed by atoms with Gasteiger partial charge in [-0.05, 0) is 37.1 Å². The maximum Gasteiger partial charge on any atom is 0.237 e. The predicted octanol–water partition coefficient (Wildman–Crippen LogP) is 3.38. The van der Waals surface area contributed by atoms with Gasteiger partial charge in [-0.3, -0.25) is 4.79 Å². The summed E-state index contributed by atoms with van der Waals surface area (Å²) in [6, 6.07) is 5.21. The van der Waals surface area contributed by atoms with E-state index in [0.717, 1.165) is 12.2 Å². The number of methoxy groups -OCH3 is 1. The van der Waals surface area contributed by atoms with Crippen LogP contribution in [0.15, 0.2) is 18.2 Å². The number of hydrogen-bond acceptors (Lipinski definition) is 4. The van der Waals surface area contributed by atoms with Gasteiger partial charge in [-0.2, -0.15) is 0 Å². The Morgan fingerprint density at radius 1 is 1.40 bits per heavy atom. The van der Waals surface area contributed by atoms with E-state index in [1.54, 1.807) is 37.1 Å². The van der Waals surface area contributed by atoms with Crippen LogP contribution in [0.3, 0.4) is 0 Å². The van der Waals surface area contributed by atoms with Crippen LogP contribution in [0.4, 0.5) is 11.4 Å². The smallest absolute Gasteiger partial charge is 0.237 e. The van der Waals surface area contributed by atoms with Crippen LogP contribution in [0.1, 0.15) is 27.2 Å². The highest BCUT2D eigenvalue weighted by Crippen LogP contribution is 2.27. The molecule has 1 amide bonds. The fraction of sp³-hybridized carbons (Fsp3) is 0.533. The number of nitrogens with two attached hydrogens (primary N) is 1. The lowest BCUT2D eigenvalue weighted by Gasteiger charge is -2.15. The molecule has 112 valence electrons. The van der Waals surface area contributed by atoms with Crippen molar-refractivity contribution in [3.8, 4) is 5.75 Å². The van der Waals surface area contributed by atoms with Gasteiger partial charge < -0.3 is 15.8 Å². The van der Waals surface area contributed by atoms with Crippen LogP contribution < -0.4 is 15.8 Å². The number of amides is 1. The number of anilines is 2. The number of nitrogens with one attached hydrogen (secondary N) is 1. The van der Waals surface area contributed by atoms with Gasteiger partial charge in [0.25, 0.3) is 0 Å². The van der Waals surface area contributed by atoms with Gasteiger partial charge in [0.05, 0.1) is 18.0 Å². The molecule has 0 aliphatic rings. The lowest BCUT2D eigenvalue weighted by molar-refractivity contribution is -0.115. The minimum atomic E-state index is -0.0870. The van der Waals surface area contributed by atoms with E-state index in [4.69, 9.17) is 10.5 Å². The Balaban J connectivity index is 2.57. The first-order valence-electron chi connectivity index (χ1n) is 6.80. The first kappa shape index (κ1) is 16.7. The standard InChI is InChI=1S/C15H24N2O2S/c1-10(2)7-8-20-11(3)15(18)17-13-6-5-12(16)9-14(13)19-4/h5-6,9-11H,7-8,16H2,1-4H3,(H,17,18). The first-order chi connectivity index (χ1) is 9.43. The molecule has 1 aromatic carbocycles. The second-order valence-electron chi connectivity index (χ2n) is 5.14. The predicted molar refractivity (Wildman–Crippen MR) is 87.4 cm³/mol. The average molecular weight is 296 g/mol. The van der Waals surface area contributed by atoms with Crippen LogP contribution in [-0.2, 0) is 4.79 Å². The molecule has 0 aliphatic carbocycles. The number of nitrogen functional groups attached to an aromatic ring is 1. The molecule has 0 aromatic heterocycles. The van der Waals surface area contributed by atoms with Gasteiger partial charge in [-0.1, -0.05) is 13.8 Å². The van der Waals surface area contributed by atoms with Gasteiger partial charge in [0.2, 0.25) is 5.91 Å². The third-order valence-electron chi connectivity index (χ3n) is 2.92. The highest BCUT2D eigenvalue weighted by Gasteiger charge is 2.15. The van der Waals surface area contributed by atoms with E-state index < -0.39 is 0 Å². The van der Waals surface area contributed by atoms with Gasteiger partial charge in [-0.25, -0.2) is 0 Å². The highest BCUT2D eigenvalue weighted by atomic mass is 32.2. The Morgan fingerprint density at radius 3 is 2.70 bits per heavy atom. The molecule has 1 aromatic rings. The fourth-order valence-corrected chi connectivity index (χ4v) is 2.77. The van der Waals surface area contributed by atoms with Crippen LogP contribution in [-0.4, -0.2) is 24.0 Å². The Labute approximate surface area is 125 Å². The number of carbonyl (C=O) groups is 1. The topological polar surface area (TPSA) is 64.3 Å². The van der Waals surface area contributed by atoms with Crippen molar-refractivity contribution in [2.24, 2.45) is 5.92 Å². The van der Waals surface area contributed by atoms with E-state index in [1.165, 1.54) is 0 Å². The van der Waals surface area contributed by atoms with Gasteiger partial charge >= 0.3 is 0 Å². The summed E-state index contributed by atoms with van der Waals surface area (Å²) in [6.07, 6.45) is 1.12. The molecule has 0 saturated carbocycles. The first-order valence-corrected chi connectivity index (χ1v) is 7.85. The summed E-state index contributed by atoms with van der Waals surface area (Å²) in [7, 11) is 1.56. The van der Waals surface area contributed by atoms with E-state index in [-0.39, 0.29) is 11.2 Å². The zero-order chi connectivity index (χ0) is 15.1. The van der Waals surface area contributed by atoms with Crippen molar-refractivity contribution >= 4 is 29.0 Å². The molecular weight excluding hydrogens is 272 g/mol. The highest BCUT2D eigenvalue weighted by molar-refractivity contribution is 8.00. The molecule has 0 spiro atoms. The van der Waals surface area contributed by atoms with Crippen molar-refractivity contribution in [3.05, 3.63) is 18.2 Å². The second kappa shape index (κ2) is 8.04. The van der Waals surface area contributed by atoms with Crippen molar-refractivity contribution in [1.82, 2.24) is 0 Å². The molecule has 20 heavy (non-hydrogen) atoms. The van der Waals surface area contributed by atoms with Crippen molar-refractivity contribution in [3.63, 3.8) is 0 Å². The number of ether oxygens (including phenoxy) is 1. The Morgan fingerprint density at radius 2 is 2.10 bits per heavy atom. The third kappa shape index (κ3) is 5.33. The number of thioether (sulfide) groups is 1. The molecule has 3 N–H and O–H groups in total. The molecule has 0 fully saturated rings. The average Bonchev–Trinajstić information content (AvgIpc) is 2.40. The van der Waals surface area contributed by atoms with Crippen LogP contribution in [0.2, 0.25) is 0 Å². The summed E-state index contributed by atoms with van der Waals surface area (Å²) in [5.41, 5.74) is 6.96. The molecule has 0 saturated heterocycles.